The number of carboxylic acids is 1. The molecule has 6 nitrogen and oxygen atoms in total. The Balaban J connectivity index is 0. The van der Waals surface area contributed by atoms with Crippen LogP contribution in [0.3, 0.4) is 0 Å². The number of halogens is 2. The number of hydrogen-bond acceptors (Lipinski definition) is 5. The van der Waals surface area contributed by atoms with Gasteiger partial charge in [0.2, 0.25) is 0 Å². The molecule has 204 valence electrons. The summed E-state index contributed by atoms with van der Waals surface area (Å²) in [4.78, 5) is 21.8. The largest absolute Gasteiger partial charge is 1.00 e. The topological polar surface area (TPSA) is 104 Å². The molecule has 0 fully saturated rings. The summed E-state index contributed by atoms with van der Waals surface area (Å²) >= 11 is 5.53. The Morgan fingerprint density at radius 3 is 1.26 bits per heavy atom. The van der Waals surface area contributed by atoms with Gasteiger partial charge in [-0.2, -0.15) is 0 Å². The molecule has 0 amide bonds. The standard InChI is InChI=1S/C14H12O2.C7H7Cl.C7H6O2.2CH4O.ClH/c15-14(13-9-5-2-6-10-13)16-11-12-7-3-1-4-8-12;8-6-7-4-2-1-3-5-7;8-7(9)6-4-2-1-3-5-6;2*1-2;/h1-10H,11H2;1-5H,6H2;1-5H,(H,8,9);2*2H,1H3;1H/p-1. The first-order valence-electron chi connectivity index (χ1n) is 11.1. The molecule has 3 N–H and O–H groups in total. The lowest BCUT2D eigenvalue weighted by molar-refractivity contribution is -0.0000419. The number of rotatable bonds is 5. The van der Waals surface area contributed by atoms with E-state index in [0.717, 1.165) is 19.8 Å². The summed E-state index contributed by atoms with van der Waals surface area (Å²) in [5, 5.41) is 22.4. The highest BCUT2D eigenvalue weighted by atomic mass is 35.5. The molecule has 4 aromatic rings. The van der Waals surface area contributed by atoms with E-state index in [1.165, 1.54) is 5.56 Å². The van der Waals surface area contributed by atoms with Crippen LogP contribution in [0.2, 0.25) is 0 Å². The minimum absolute atomic E-state index is 0. The van der Waals surface area contributed by atoms with Crippen LogP contribution in [0.1, 0.15) is 31.8 Å². The van der Waals surface area contributed by atoms with Gasteiger partial charge in [-0.1, -0.05) is 97.1 Å². The van der Waals surface area contributed by atoms with Gasteiger partial charge < -0.3 is 32.5 Å². The van der Waals surface area contributed by atoms with Crippen molar-refractivity contribution >= 4 is 23.5 Å². The number of carbonyl (C=O) groups is 2. The fourth-order valence-electron chi connectivity index (χ4n) is 2.53. The Hall–Kier alpha value is -3.68. The number of hydrogen-bond donors (Lipinski definition) is 3. The summed E-state index contributed by atoms with van der Waals surface area (Å²) in [6, 6.07) is 36.9. The Bertz CT molecular complexity index is 1080. The molecule has 0 atom stereocenters. The average Bonchev–Trinajstić information content (AvgIpc) is 3.00. The minimum atomic E-state index is -0.879. The maximum atomic E-state index is 11.6. The summed E-state index contributed by atoms with van der Waals surface area (Å²) in [5.41, 5.74) is 3.08. The van der Waals surface area contributed by atoms with Crippen molar-refractivity contribution in [3.05, 3.63) is 144 Å². The number of benzene rings is 4. The van der Waals surface area contributed by atoms with E-state index in [2.05, 4.69) is 0 Å². The number of aliphatic hydroxyl groups is 2. The maximum Gasteiger partial charge on any atom is 0.338 e. The number of carboxylic acid groups (broad SMARTS) is 1. The number of aromatic carboxylic acids is 1. The first-order chi connectivity index (χ1) is 18.1. The van der Waals surface area contributed by atoms with Gasteiger partial charge in [-0.3, -0.25) is 0 Å². The molecular formula is C30H33Cl2O6-. The second kappa shape index (κ2) is 25.0. The van der Waals surface area contributed by atoms with Crippen molar-refractivity contribution in [3.63, 3.8) is 0 Å². The molecule has 38 heavy (non-hydrogen) atoms. The van der Waals surface area contributed by atoms with Gasteiger partial charge in [-0.25, -0.2) is 9.59 Å². The predicted molar refractivity (Wildman–Crippen MR) is 148 cm³/mol. The molecular weight excluding hydrogens is 527 g/mol. The van der Waals surface area contributed by atoms with Gasteiger partial charge >= 0.3 is 11.9 Å². The normalized spacial score (nSPS) is 8.45. The minimum Gasteiger partial charge on any atom is -1.00 e. The van der Waals surface area contributed by atoms with Crippen molar-refractivity contribution in [2.75, 3.05) is 14.2 Å². The quantitative estimate of drug-likeness (QED) is 0.256. The number of esters is 1. The Morgan fingerprint density at radius 1 is 0.605 bits per heavy atom. The number of aliphatic hydroxyl groups excluding tert-OH is 2. The molecule has 0 bridgehead atoms. The van der Waals surface area contributed by atoms with Crippen LogP contribution in [-0.2, 0) is 17.2 Å². The molecule has 0 unspecified atom stereocenters. The molecule has 4 aromatic carbocycles. The van der Waals surface area contributed by atoms with Crippen LogP contribution in [0.4, 0.5) is 0 Å². The van der Waals surface area contributed by atoms with Crippen molar-refractivity contribution in [1.29, 1.82) is 0 Å². The Kier molecular flexibility index (Phi) is 24.0. The molecule has 0 spiro atoms. The average molecular weight is 560 g/mol. The fraction of sp³-hybridized carbons (Fsp3) is 0.133. The van der Waals surface area contributed by atoms with Crippen molar-refractivity contribution in [1.82, 2.24) is 0 Å². The third-order valence-electron chi connectivity index (χ3n) is 4.24. The van der Waals surface area contributed by atoms with Gasteiger partial charge in [0, 0.05) is 20.1 Å². The lowest BCUT2D eigenvalue weighted by Crippen LogP contribution is -3.00. The van der Waals surface area contributed by atoms with E-state index in [-0.39, 0.29) is 18.4 Å². The SMILES string of the molecule is CO.CO.ClCc1ccccc1.O=C(O)c1ccccc1.O=C(OCc1ccccc1)c1ccccc1.[Cl-]. The van der Waals surface area contributed by atoms with E-state index in [1.807, 2.05) is 78.9 Å². The van der Waals surface area contributed by atoms with Crippen LogP contribution in [0, 0.1) is 0 Å². The molecule has 0 aliphatic carbocycles. The summed E-state index contributed by atoms with van der Waals surface area (Å²) in [6.07, 6.45) is 0. The highest BCUT2D eigenvalue weighted by Gasteiger charge is 2.05. The van der Waals surface area contributed by atoms with E-state index in [4.69, 9.17) is 31.7 Å². The Morgan fingerprint density at radius 2 is 0.947 bits per heavy atom. The van der Waals surface area contributed by atoms with E-state index < -0.39 is 5.97 Å². The van der Waals surface area contributed by atoms with Crippen LogP contribution >= 0.6 is 11.6 Å². The third-order valence-corrected chi connectivity index (χ3v) is 4.55. The van der Waals surface area contributed by atoms with Gasteiger partial charge in [0.05, 0.1) is 11.1 Å². The van der Waals surface area contributed by atoms with Gasteiger partial charge in [0.1, 0.15) is 6.61 Å². The molecule has 0 aliphatic heterocycles. The van der Waals surface area contributed by atoms with Crippen LogP contribution in [0.15, 0.2) is 121 Å². The zero-order valence-corrected chi connectivity index (χ0v) is 22.8. The van der Waals surface area contributed by atoms with Gasteiger partial charge in [0.25, 0.3) is 0 Å². The van der Waals surface area contributed by atoms with Crippen LogP contribution in [-0.4, -0.2) is 41.5 Å². The Labute approximate surface area is 235 Å². The zero-order chi connectivity index (χ0) is 27.7. The van der Waals surface area contributed by atoms with Gasteiger partial charge in [-0.15, -0.1) is 11.6 Å². The highest BCUT2D eigenvalue weighted by molar-refractivity contribution is 6.17. The third kappa shape index (κ3) is 16.9. The summed E-state index contributed by atoms with van der Waals surface area (Å²) in [7, 11) is 2.00. The lowest BCUT2D eigenvalue weighted by atomic mass is 10.2. The molecule has 0 aromatic heterocycles. The van der Waals surface area contributed by atoms with Crippen molar-refractivity contribution in [3.8, 4) is 0 Å². The van der Waals surface area contributed by atoms with Crippen LogP contribution in [0.5, 0.6) is 0 Å². The molecule has 0 aliphatic rings. The van der Waals surface area contributed by atoms with Crippen LogP contribution in [0.25, 0.3) is 0 Å². The van der Waals surface area contributed by atoms with Gasteiger partial charge in [0.15, 0.2) is 0 Å². The van der Waals surface area contributed by atoms with Crippen molar-refractivity contribution in [2.45, 2.75) is 12.5 Å². The first kappa shape index (κ1) is 36.5. The summed E-state index contributed by atoms with van der Waals surface area (Å²) < 4.78 is 5.18. The smallest absolute Gasteiger partial charge is 0.338 e. The second-order valence-electron chi connectivity index (χ2n) is 6.72. The van der Waals surface area contributed by atoms with E-state index in [1.54, 1.807) is 42.5 Å². The summed E-state index contributed by atoms with van der Waals surface area (Å²) in [6.45, 7) is 0.314. The van der Waals surface area contributed by atoms with Gasteiger partial charge in [-0.05, 0) is 35.4 Å². The molecule has 0 saturated heterocycles. The molecule has 0 heterocycles. The molecule has 0 saturated carbocycles. The number of carbonyl (C=O) groups excluding carboxylic acids is 1. The van der Waals surface area contributed by atoms with Crippen molar-refractivity contribution < 1.29 is 42.1 Å². The monoisotopic (exact) mass is 559 g/mol. The zero-order valence-electron chi connectivity index (χ0n) is 21.3. The molecule has 4 rings (SSSR count). The van der Waals surface area contributed by atoms with E-state index >= 15 is 0 Å². The summed E-state index contributed by atoms with van der Waals surface area (Å²) in [5.74, 6) is -0.555. The predicted octanol–water partition coefficient (Wildman–Crippen LogP) is 3.07. The maximum absolute atomic E-state index is 11.6. The number of alkyl halides is 1. The second-order valence-corrected chi connectivity index (χ2v) is 6.99. The fourth-order valence-corrected chi connectivity index (χ4v) is 2.71. The van der Waals surface area contributed by atoms with Crippen molar-refractivity contribution in [2.24, 2.45) is 0 Å². The lowest BCUT2D eigenvalue weighted by Gasteiger charge is -2.04. The van der Waals surface area contributed by atoms with E-state index in [9.17, 15) is 9.59 Å². The van der Waals surface area contributed by atoms with E-state index in [0.29, 0.717) is 23.6 Å². The first-order valence-corrected chi connectivity index (χ1v) is 11.7. The molecule has 0 radical (unpaired) electrons. The highest BCUT2D eigenvalue weighted by Crippen LogP contribution is 2.05. The van der Waals surface area contributed by atoms with Crippen LogP contribution < -0.4 is 12.4 Å². The number of ether oxygens (including phenoxy) is 1. The molecule has 8 heteroatoms.